The predicted molar refractivity (Wildman–Crippen MR) is 90.3 cm³/mol. The first kappa shape index (κ1) is 20.2. The van der Waals surface area contributed by atoms with Gasteiger partial charge in [0.05, 0.1) is 0 Å². The highest BCUT2D eigenvalue weighted by atomic mass is 16.2. The van der Waals surface area contributed by atoms with Crippen molar-refractivity contribution < 1.29 is 9.90 Å². The maximum atomic E-state index is 11.5. The SMILES string of the molecule is CCC/C=C/CCCCCCCNC(=O)CCCCCO. The van der Waals surface area contributed by atoms with Crippen LogP contribution in [0, 0.1) is 0 Å². The molecule has 0 aliphatic heterocycles. The number of hydrogen-bond acceptors (Lipinski definition) is 2. The van der Waals surface area contributed by atoms with Gasteiger partial charge in [-0.2, -0.15) is 0 Å². The fourth-order valence-electron chi connectivity index (χ4n) is 2.21. The average molecular weight is 297 g/mol. The number of nitrogens with one attached hydrogen (secondary N) is 1. The Kier molecular flexibility index (Phi) is 16.5. The first-order valence-electron chi connectivity index (χ1n) is 8.83. The van der Waals surface area contributed by atoms with Crippen molar-refractivity contribution in [2.24, 2.45) is 0 Å². The second-order valence-electron chi connectivity index (χ2n) is 5.70. The van der Waals surface area contributed by atoms with E-state index in [0.29, 0.717) is 6.42 Å². The molecule has 0 spiro atoms. The number of carbonyl (C=O) groups excluding carboxylic acids is 1. The van der Waals surface area contributed by atoms with E-state index in [1.54, 1.807) is 0 Å². The highest BCUT2D eigenvalue weighted by Gasteiger charge is 1.99. The molecule has 21 heavy (non-hydrogen) atoms. The number of allylic oxidation sites excluding steroid dienone is 2. The van der Waals surface area contributed by atoms with E-state index >= 15 is 0 Å². The highest BCUT2D eigenvalue weighted by Crippen LogP contribution is 2.06. The van der Waals surface area contributed by atoms with Crippen LogP contribution in [0.5, 0.6) is 0 Å². The molecule has 3 nitrogen and oxygen atoms in total. The van der Waals surface area contributed by atoms with Crippen LogP contribution in [0.4, 0.5) is 0 Å². The molecule has 124 valence electrons. The molecular weight excluding hydrogens is 262 g/mol. The Bertz CT molecular complexity index is 252. The lowest BCUT2D eigenvalue weighted by atomic mass is 10.1. The van der Waals surface area contributed by atoms with E-state index in [9.17, 15) is 4.79 Å². The van der Waals surface area contributed by atoms with Crippen LogP contribution in [-0.4, -0.2) is 24.2 Å². The first-order chi connectivity index (χ1) is 10.3. The fraction of sp³-hybridized carbons (Fsp3) is 0.833. The zero-order valence-corrected chi connectivity index (χ0v) is 13.9. The molecule has 0 aromatic carbocycles. The van der Waals surface area contributed by atoms with E-state index in [2.05, 4.69) is 24.4 Å². The number of unbranched alkanes of at least 4 members (excludes halogenated alkanes) is 8. The van der Waals surface area contributed by atoms with Crippen LogP contribution in [-0.2, 0) is 4.79 Å². The van der Waals surface area contributed by atoms with E-state index in [1.807, 2.05) is 0 Å². The summed E-state index contributed by atoms with van der Waals surface area (Å²) in [6.07, 6.45) is 17.7. The van der Waals surface area contributed by atoms with Crippen molar-refractivity contribution in [1.29, 1.82) is 0 Å². The Hall–Kier alpha value is -0.830. The van der Waals surface area contributed by atoms with Gasteiger partial charge in [-0.05, 0) is 38.5 Å². The molecule has 0 atom stereocenters. The zero-order chi connectivity index (χ0) is 15.6. The summed E-state index contributed by atoms with van der Waals surface area (Å²) in [6, 6.07) is 0. The van der Waals surface area contributed by atoms with Gasteiger partial charge in [-0.15, -0.1) is 0 Å². The van der Waals surface area contributed by atoms with Gasteiger partial charge in [-0.25, -0.2) is 0 Å². The third kappa shape index (κ3) is 17.1. The lowest BCUT2D eigenvalue weighted by molar-refractivity contribution is -0.121. The van der Waals surface area contributed by atoms with E-state index in [1.165, 1.54) is 44.9 Å². The Morgan fingerprint density at radius 2 is 1.57 bits per heavy atom. The van der Waals surface area contributed by atoms with Gasteiger partial charge in [-0.3, -0.25) is 4.79 Å². The van der Waals surface area contributed by atoms with Crippen LogP contribution in [0.25, 0.3) is 0 Å². The molecule has 0 aliphatic carbocycles. The summed E-state index contributed by atoms with van der Waals surface area (Å²) in [7, 11) is 0. The van der Waals surface area contributed by atoms with Gasteiger partial charge in [-0.1, -0.05) is 51.2 Å². The maximum absolute atomic E-state index is 11.5. The summed E-state index contributed by atoms with van der Waals surface area (Å²) in [5, 5.41) is 11.6. The molecule has 0 saturated heterocycles. The third-order valence-corrected chi connectivity index (χ3v) is 3.55. The maximum Gasteiger partial charge on any atom is 0.219 e. The Balaban J connectivity index is 3.16. The summed E-state index contributed by atoms with van der Waals surface area (Å²) in [5.41, 5.74) is 0. The normalized spacial score (nSPS) is 11.1. The van der Waals surface area contributed by atoms with Gasteiger partial charge >= 0.3 is 0 Å². The average Bonchev–Trinajstić information content (AvgIpc) is 2.49. The monoisotopic (exact) mass is 297 g/mol. The van der Waals surface area contributed by atoms with Gasteiger partial charge in [0.2, 0.25) is 5.91 Å². The molecule has 0 heterocycles. The lowest BCUT2D eigenvalue weighted by Gasteiger charge is -2.05. The standard InChI is InChI=1S/C18H35NO2/c1-2-3-4-5-6-7-8-9-10-13-16-19-18(21)15-12-11-14-17-20/h4-5,20H,2-3,6-17H2,1H3,(H,19,21)/b5-4+. The molecule has 0 bridgehead atoms. The van der Waals surface area contributed by atoms with Crippen LogP contribution < -0.4 is 5.32 Å². The minimum atomic E-state index is 0.161. The molecule has 0 fully saturated rings. The Morgan fingerprint density at radius 3 is 2.33 bits per heavy atom. The second kappa shape index (κ2) is 17.2. The van der Waals surface area contributed by atoms with Crippen LogP contribution in [0.3, 0.4) is 0 Å². The third-order valence-electron chi connectivity index (χ3n) is 3.55. The topological polar surface area (TPSA) is 49.3 Å². The highest BCUT2D eigenvalue weighted by molar-refractivity contribution is 5.75. The Labute approximate surface area is 131 Å². The second-order valence-corrected chi connectivity index (χ2v) is 5.70. The molecule has 3 heteroatoms. The number of rotatable bonds is 15. The molecule has 0 aromatic heterocycles. The molecule has 0 aliphatic rings. The largest absolute Gasteiger partial charge is 0.396 e. The molecule has 0 aromatic rings. The minimum absolute atomic E-state index is 0.161. The fourth-order valence-corrected chi connectivity index (χ4v) is 2.21. The Morgan fingerprint density at radius 1 is 0.905 bits per heavy atom. The van der Waals surface area contributed by atoms with Crippen molar-refractivity contribution in [1.82, 2.24) is 5.32 Å². The first-order valence-corrected chi connectivity index (χ1v) is 8.83. The summed E-state index contributed by atoms with van der Waals surface area (Å²) in [4.78, 5) is 11.5. The van der Waals surface area contributed by atoms with Gasteiger partial charge in [0.1, 0.15) is 0 Å². The smallest absolute Gasteiger partial charge is 0.219 e. The van der Waals surface area contributed by atoms with Crippen molar-refractivity contribution >= 4 is 5.91 Å². The molecule has 0 radical (unpaired) electrons. The van der Waals surface area contributed by atoms with E-state index in [-0.39, 0.29) is 12.5 Å². The minimum Gasteiger partial charge on any atom is -0.396 e. The number of aliphatic hydroxyl groups excluding tert-OH is 1. The summed E-state index contributed by atoms with van der Waals surface area (Å²) in [5.74, 6) is 0.161. The van der Waals surface area contributed by atoms with Gasteiger partial charge < -0.3 is 10.4 Å². The predicted octanol–water partition coefficient (Wildman–Crippen LogP) is 4.35. The van der Waals surface area contributed by atoms with Gasteiger partial charge in [0.15, 0.2) is 0 Å². The molecule has 2 N–H and O–H groups in total. The molecule has 0 rings (SSSR count). The molecule has 0 unspecified atom stereocenters. The van der Waals surface area contributed by atoms with Crippen molar-refractivity contribution in [3.8, 4) is 0 Å². The van der Waals surface area contributed by atoms with Crippen molar-refractivity contribution in [3.63, 3.8) is 0 Å². The quantitative estimate of drug-likeness (QED) is 0.349. The van der Waals surface area contributed by atoms with Gasteiger partial charge in [0.25, 0.3) is 0 Å². The molecule has 1 amide bonds. The number of carbonyl (C=O) groups is 1. The summed E-state index contributed by atoms with van der Waals surface area (Å²) in [6.45, 7) is 3.25. The van der Waals surface area contributed by atoms with E-state index in [0.717, 1.165) is 32.2 Å². The van der Waals surface area contributed by atoms with Crippen LogP contribution >= 0.6 is 0 Å². The van der Waals surface area contributed by atoms with Crippen LogP contribution in [0.2, 0.25) is 0 Å². The van der Waals surface area contributed by atoms with E-state index in [4.69, 9.17) is 5.11 Å². The lowest BCUT2D eigenvalue weighted by Crippen LogP contribution is -2.23. The van der Waals surface area contributed by atoms with Crippen molar-refractivity contribution in [3.05, 3.63) is 12.2 Å². The van der Waals surface area contributed by atoms with Gasteiger partial charge in [0, 0.05) is 19.6 Å². The van der Waals surface area contributed by atoms with E-state index < -0.39 is 0 Å². The summed E-state index contributed by atoms with van der Waals surface area (Å²) < 4.78 is 0. The number of hydrogen-bond donors (Lipinski definition) is 2. The number of aliphatic hydroxyl groups is 1. The summed E-state index contributed by atoms with van der Waals surface area (Å²) >= 11 is 0. The molecule has 0 saturated carbocycles. The van der Waals surface area contributed by atoms with Crippen molar-refractivity contribution in [2.45, 2.75) is 84.0 Å². The van der Waals surface area contributed by atoms with Crippen LogP contribution in [0.1, 0.15) is 84.0 Å². The number of amides is 1. The van der Waals surface area contributed by atoms with Crippen molar-refractivity contribution in [2.75, 3.05) is 13.2 Å². The molecular formula is C18H35NO2. The van der Waals surface area contributed by atoms with Crippen LogP contribution in [0.15, 0.2) is 12.2 Å². The zero-order valence-electron chi connectivity index (χ0n) is 13.9.